The molecule has 0 heterocycles. The van der Waals surface area contributed by atoms with Crippen LogP contribution in [-0.4, -0.2) is 12.2 Å². The third kappa shape index (κ3) is 2.29. The van der Waals surface area contributed by atoms with Gasteiger partial charge in [0.15, 0.2) is 0 Å². The zero-order valence-corrected chi connectivity index (χ0v) is 10.6. The lowest BCUT2D eigenvalue weighted by Crippen LogP contribution is -2.24. The summed E-state index contributed by atoms with van der Waals surface area (Å²) >= 11 is 0. The van der Waals surface area contributed by atoms with Crippen LogP contribution in [0.15, 0.2) is 18.2 Å². The van der Waals surface area contributed by atoms with Crippen molar-refractivity contribution in [1.29, 1.82) is 0 Å². The molecule has 1 aliphatic rings. The van der Waals surface area contributed by atoms with Gasteiger partial charge in [0.25, 0.3) is 0 Å². The Labute approximate surface area is 101 Å². The van der Waals surface area contributed by atoms with Gasteiger partial charge in [0.1, 0.15) is 11.6 Å². The molecular formula is C14H19FO2. The molecule has 0 spiro atoms. The van der Waals surface area contributed by atoms with Crippen LogP contribution in [0.3, 0.4) is 0 Å². The molecule has 1 aromatic carbocycles. The fraction of sp³-hybridized carbons (Fsp3) is 0.571. The van der Waals surface area contributed by atoms with Crippen LogP contribution in [0.4, 0.5) is 4.39 Å². The molecule has 1 atom stereocenters. The number of rotatable bonds is 2. The highest BCUT2D eigenvalue weighted by molar-refractivity contribution is 5.33. The second kappa shape index (κ2) is 3.98. The van der Waals surface area contributed by atoms with E-state index in [1.165, 1.54) is 13.2 Å². The lowest BCUT2D eigenvalue weighted by molar-refractivity contribution is 0.0303. The van der Waals surface area contributed by atoms with Gasteiger partial charge in [-0.15, -0.1) is 0 Å². The highest BCUT2D eigenvalue weighted by Gasteiger charge is 2.44. The van der Waals surface area contributed by atoms with Gasteiger partial charge >= 0.3 is 0 Å². The van der Waals surface area contributed by atoms with Gasteiger partial charge in [-0.1, -0.05) is 13.8 Å². The molecule has 1 fully saturated rings. The van der Waals surface area contributed by atoms with Crippen LogP contribution in [0.25, 0.3) is 0 Å². The van der Waals surface area contributed by atoms with E-state index in [1.54, 1.807) is 12.1 Å². The molecule has 1 aliphatic carbocycles. The van der Waals surface area contributed by atoms with Crippen LogP contribution >= 0.6 is 0 Å². The summed E-state index contributed by atoms with van der Waals surface area (Å²) < 4.78 is 18.9. The van der Waals surface area contributed by atoms with Crippen molar-refractivity contribution in [3.8, 4) is 5.75 Å². The lowest BCUT2D eigenvalue weighted by atomic mass is 9.85. The molecule has 0 radical (unpaired) electrons. The highest BCUT2D eigenvalue weighted by atomic mass is 19.1. The Morgan fingerprint density at radius 1 is 1.29 bits per heavy atom. The Hall–Kier alpha value is -1.09. The summed E-state index contributed by atoms with van der Waals surface area (Å²) in [5, 5.41) is 10.6. The number of ether oxygens (including phenoxy) is 1. The van der Waals surface area contributed by atoms with E-state index in [0.29, 0.717) is 24.2 Å². The smallest absolute Gasteiger partial charge is 0.132 e. The molecule has 1 N–H and O–H groups in total. The van der Waals surface area contributed by atoms with Gasteiger partial charge in [-0.05, 0) is 36.8 Å². The average Bonchev–Trinajstić information content (AvgIpc) is 2.53. The molecule has 1 aromatic rings. The molecule has 0 saturated heterocycles. The van der Waals surface area contributed by atoms with E-state index in [4.69, 9.17) is 4.74 Å². The summed E-state index contributed by atoms with van der Waals surface area (Å²) in [5.41, 5.74) is -0.565. The second-order valence-corrected chi connectivity index (χ2v) is 5.72. The van der Waals surface area contributed by atoms with E-state index in [2.05, 4.69) is 13.8 Å². The molecule has 2 nitrogen and oxygen atoms in total. The molecule has 3 heteroatoms. The summed E-state index contributed by atoms with van der Waals surface area (Å²) in [6, 6.07) is 4.66. The van der Waals surface area contributed by atoms with E-state index >= 15 is 0 Å². The molecule has 0 aromatic heterocycles. The third-order valence-corrected chi connectivity index (χ3v) is 3.66. The van der Waals surface area contributed by atoms with Crippen molar-refractivity contribution in [3.63, 3.8) is 0 Å². The summed E-state index contributed by atoms with van der Waals surface area (Å²) in [4.78, 5) is 0. The largest absolute Gasteiger partial charge is 0.497 e. The van der Waals surface area contributed by atoms with Gasteiger partial charge in [-0.3, -0.25) is 0 Å². The molecule has 2 rings (SSSR count). The van der Waals surface area contributed by atoms with E-state index in [9.17, 15) is 9.50 Å². The van der Waals surface area contributed by atoms with Gasteiger partial charge in [-0.25, -0.2) is 4.39 Å². The van der Waals surface area contributed by atoms with E-state index in [1.807, 2.05) is 0 Å². The molecule has 0 aliphatic heterocycles. The quantitative estimate of drug-likeness (QED) is 0.857. The fourth-order valence-electron chi connectivity index (χ4n) is 2.74. The van der Waals surface area contributed by atoms with Crippen molar-refractivity contribution in [3.05, 3.63) is 29.6 Å². The molecule has 0 amide bonds. The van der Waals surface area contributed by atoms with Crippen LogP contribution < -0.4 is 4.74 Å². The maximum Gasteiger partial charge on any atom is 0.132 e. The monoisotopic (exact) mass is 238 g/mol. The third-order valence-electron chi connectivity index (χ3n) is 3.66. The molecule has 1 saturated carbocycles. The van der Waals surface area contributed by atoms with Crippen molar-refractivity contribution in [1.82, 2.24) is 0 Å². The maximum atomic E-state index is 13.9. The molecule has 0 bridgehead atoms. The van der Waals surface area contributed by atoms with Crippen molar-refractivity contribution in [2.45, 2.75) is 38.7 Å². The Balaban J connectivity index is 2.35. The number of hydrogen-bond acceptors (Lipinski definition) is 2. The molecule has 17 heavy (non-hydrogen) atoms. The zero-order chi connectivity index (χ0) is 12.7. The summed E-state index contributed by atoms with van der Waals surface area (Å²) in [6.07, 6.45) is 2.13. The Morgan fingerprint density at radius 3 is 2.47 bits per heavy atom. The van der Waals surface area contributed by atoms with Gasteiger partial charge in [0, 0.05) is 11.6 Å². The first-order chi connectivity index (χ1) is 7.86. The normalized spacial score (nSPS) is 27.1. The summed E-state index contributed by atoms with van der Waals surface area (Å²) in [7, 11) is 1.50. The van der Waals surface area contributed by atoms with Crippen molar-refractivity contribution in [2.24, 2.45) is 5.41 Å². The lowest BCUT2D eigenvalue weighted by Gasteiger charge is -2.26. The van der Waals surface area contributed by atoms with Crippen LogP contribution in [0.2, 0.25) is 0 Å². The van der Waals surface area contributed by atoms with Crippen LogP contribution in [0, 0.1) is 11.2 Å². The van der Waals surface area contributed by atoms with E-state index in [0.717, 1.165) is 6.42 Å². The van der Waals surface area contributed by atoms with Crippen molar-refractivity contribution >= 4 is 0 Å². The number of aliphatic hydroxyl groups is 1. The summed E-state index contributed by atoms with van der Waals surface area (Å²) in [6.45, 7) is 4.21. The predicted octanol–water partition coefficient (Wildman–Crippen LogP) is 3.23. The first-order valence-corrected chi connectivity index (χ1v) is 5.93. The Morgan fingerprint density at radius 2 is 2.00 bits per heavy atom. The first kappa shape index (κ1) is 12.4. The van der Waals surface area contributed by atoms with E-state index in [-0.39, 0.29) is 11.2 Å². The Bertz CT molecular complexity index is 428. The van der Waals surface area contributed by atoms with Gasteiger partial charge in [0.05, 0.1) is 12.7 Å². The van der Waals surface area contributed by atoms with Crippen LogP contribution in [-0.2, 0) is 5.60 Å². The predicted molar refractivity (Wildman–Crippen MR) is 64.5 cm³/mol. The van der Waals surface area contributed by atoms with Gasteiger partial charge < -0.3 is 9.84 Å². The van der Waals surface area contributed by atoms with Crippen LogP contribution in [0.5, 0.6) is 5.75 Å². The maximum absolute atomic E-state index is 13.9. The number of halogens is 1. The van der Waals surface area contributed by atoms with Gasteiger partial charge in [-0.2, -0.15) is 0 Å². The van der Waals surface area contributed by atoms with Crippen molar-refractivity contribution < 1.29 is 14.2 Å². The first-order valence-electron chi connectivity index (χ1n) is 5.93. The van der Waals surface area contributed by atoms with Crippen LogP contribution in [0.1, 0.15) is 38.7 Å². The average molecular weight is 238 g/mol. The molecular weight excluding hydrogens is 219 g/mol. The minimum Gasteiger partial charge on any atom is -0.497 e. The van der Waals surface area contributed by atoms with E-state index < -0.39 is 5.60 Å². The Kier molecular flexibility index (Phi) is 2.90. The second-order valence-electron chi connectivity index (χ2n) is 5.72. The molecule has 94 valence electrons. The highest BCUT2D eigenvalue weighted by Crippen LogP contribution is 2.49. The number of methoxy groups -OCH3 is 1. The summed E-state index contributed by atoms with van der Waals surface area (Å²) in [5.74, 6) is 0.0941. The number of benzene rings is 1. The van der Waals surface area contributed by atoms with Gasteiger partial charge in [0.2, 0.25) is 0 Å². The van der Waals surface area contributed by atoms with Crippen molar-refractivity contribution in [2.75, 3.05) is 7.11 Å². The molecule has 1 unspecified atom stereocenters. The zero-order valence-electron chi connectivity index (χ0n) is 10.6. The fourth-order valence-corrected chi connectivity index (χ4v) is 2.74. The number of hydrogen-bond donors (Lipinski definition) is 1. The minimum absolute atomic E-state index is 0.0706. The topological polar surface area (TPSA) is 29.5 Å². The SMILES string of the molecule is COc1ccc(C2(O)CCC(C)(C)C2)c(F)c1. The standard InChI is InChI=1S/C14H19FO2/c1-13(2)6-7-14(16,9-13)11-5-4-10(17-3)8-12(11)15/h4-5,8,16H,6-7,9H2,1-3H3. The minimum atomic E-state index is -1.03.